The molecule has 3 nitrogen and oxygen atoms in total. The smallest absolute Gasteiger partial charge is 0.336 e. The van der Waals surface area contributed by atoms with E-state index in [1.54, 1.807) is 6.07 Å². The molecular formula is C19H17BrO3. The minimum Gasteiger partial charge on any atom is -0.493 e. The third kappa shape index (κ3) is 3.64. The summed E-state index contributed by atoms with van der Waals surface area (Å²) in [4.78, 5) is 11.9. The standard InChI is InChI=1S/C19H17BrO3/c1-2-3-10-22-15-8-9-16-17(12-19(21)23-18(16)11-15)13-4-6-14(20)7-5-13/h4-9,11-12H,2-3,10H2,1H3. The number of benzene rings is 2. The lowest BCUT2D eigenvalue weighted by atomic mass is 10.0. The SMILES string of the molecule is CCCCOc1ccc2c(-c3ccc(Br)cc3)cc(=O)oc2c1. The maximum atomic E-state index is 11.9. The molecule has 0 atom stereocenters. The number of rotatable bonds is 5. The minimum atomic E-state index is -0.360. The van der Waals surface area contributed by atoms with E-state index < -0.39 is 0 Å². The van der Waals surface area contributed by atoms with E-state index in [1.807, 2.05) is 36.4 Å². The van der Waals surface area contributed by atoms with Crippen molar-refractivity contribution in [2.45, 2.75) is 19.8 Å². The summed E-state index contributed by atoms with van der Waals surface area (Å²) in [5.74, 6) is 0.724. The second-order valence-electron chi connectivity index (χ2n) is 5.35. The Morgan fingerprint density at radius 1 is 1.09 bits per heavy atom. The van der Waals surface area contributed by atoms with Crippen molar-refractivity contribution < 1.29 is 9.15 Å². The molecular weight excluding hydrogens is 356 g/mol. The second-order valence-corrected chi connectivity index (χ2v) is 6.26. The van der Waals surface area contributed by atoms with Crippen LogP contribution >= 0.6 is 15.9 Å². The molecule has 0 spiro atoms. The molecule has 0 bridgehead atoms. The number of halogens is 1. The van der Waals surface area contributed by atoms with Crippen LogP contribution in [-0.2, 0) is 0 Å². The van der Waals surface area contributed by atoms with Gasteiger partial charge in [-0.2, -0.15) is 0 Å². The molecule has 0 unspecified atom stereocenters. The number of unbranched alkanes of at least 4 members (excludes halogenated alkanes) is 1. The summed E-state index contributed by atoms with van der Waals surface area (Å²) in [7, 11) is 0. The predicted molar refractivity (Wildman–Crippen MR) is 96.0 cm³/mol. The van der Waals surface area contributed by atoms with Gasteiger partial charge in [0.05, 0.1) is 6.61 Å². The van der Waals surface area contributed by atoms with Gasteiger partial charge in [0, 0.05) is 22.0 Å². The fourth-order valence-electron chi connectivity index (χ4n) is 2.44. The van der Waals surface area contributed by atoms with Crippen molar-refractivity contribution in [1.82, 2.24) is 0 Å². The largest absolute Gasteiger partial charge is 0.493 e. The van der Waals surface area contributed by atoms with Gasteiger partial charge in [-0.1, -0.05) is 41.4 Å². The molecule has 23 heavy (non-hydrogen) atoms. The molecule has 118 valence electrons. The molecule has 4 heteroatoms. The Hall–Kier alpha value is -2.07. The highest BCUT2D eigenvalue weighted by Gasteiger charge is 2.09. The Morgan fingerprint density at radius 2 is 1.87 bits per heavy atom. The fraction of sp³-hybridized carbons (Fsp3) is 0.211. The zero-order valence-electron chi connectivity index (χ0n) is 12.8. The quantitative estimate of drug-likeness (QED) is 0.444. The molecule has 0 amide bonds. The van der Waals surface area contributed by atoms with Gasteiger partial charge in [-0.15, -0.1) is 0 Å². The normalized spacial score (nSPS) is 10.9. The molecule has 0 aliphatic carbocycles. The van der Waals surface area contributed by atoms with Crippen molar-refractivity contribution >= 4 is 26.9 Å². The van der Waals surface area contributed by atoms with Crippen LogP contribution in [0.5, 0.6) is 5.75 Å². The number of hydrogen-bond donors (Lipinski definition) is 0. The van der Waals surface area contributed by atoms with Crippen molar-refractivity contribution in [2.24, 2.45) is 0 Å². The van der Waals surface area contributed by atoms with E-state index in [9.17, 15) is 4.79 Å². The molecule has 0 aliphatic rings. The lowest BCUT2D eigenvalue weighted by molar-refractivity contribution is 0.309. The second kappa shape index (κ2) is 7.01. The molecule has 0 saturated heterocycles. The first-order valence-corrected chi connectivity index (χ1v) is 8.43. The summed E-state index contributed by atoms with van der Waals surface area (Å²) in [6.45, 7) is 2.78. The zero-order valence-corrected chi connectivity index (χ0v) is 14.4. The Morgan fingerprint density at radius 3 is 2.61 bits per heavy atom. The number of fused-ring (bicyclic) bond motifs is 1. The average Bonchev–Trinajstić information content (AvgIpc) is 2.55. The topological polar surface area (TPSA) is 39.4 Å². The molecule has 0 saturated carbocycles. The van der Waals surface area contributed by atoms with Crippen molar-refractivity contribution in [3.63, 3.8) is 0 Å². The van der Waals surface area contributed by atoms with Crippen LogP contribution in [0.3, 0.4) is 0 Å². The highest BCUT2D eigenvalue weighted by atomic mass is 79.9. The van der Waals surface area contributed by atoms with Crippen LogP contribution in [0.15, 0.2) is 62.2 Å². The van der Waals surface area contributed by atoms with E-state index in [-0.39, 0.29) is 5.63 Å². The fourth-order valence-corrected chi connectivity index (χ4v) is 2.70. The van der Waals surface area contributed by atoms with Crippen LogP contribution in [0.1, 0.15) is 19.8 Å². The van der Waals surface area contributed by atoms with Crippen LogP contribution in [0.4, 0.5) is 0 Å². The molecule has 0 aliphatic heterocycles. The molecule has 0 radical (unpaired) electrons. The Bertz CT molecular complexity index is 866. The highest BCUT2D eigenvalue weighted by molar-refractivity contribution is 9.10. The maximum Gasteiger partial charge on any atom is 0.336 e. The Balaban J connectivity index is 2.05. The van der Waals surface area contributed by atoms with E-state index in [2.05, 4.69) is 22.9 Å². The van der Waals surface area contributed by atoms with Crippen LogP contribution in [0.25, 0.3) is 22.1 Å². The minimum absolute atomic E-state index is 0.360. The van der Waals surface area contributed by atoms with E-state index in [4.69, 9.17) is 9.15 Å². The predicted octanol–water partition coefficient (Wildman–Crippen LogP) is 5.40. The van der Waals surface area contributed by atoms with Gasteiger partial charge in [0.1, 0.15) is 11.3 Å². The summed E-state index contributed by atoms with van der Waals surface area (Å²) in [6, 6.07) is 15.0. The number of hydrogen-bond acceptors (Lipinski definition) is 3. The first-order valence-electron chi connectivity index (χ1n) is 7.64. The van der Waals surface area contributed by atoms with Crippen molar-refractivity contribution in [1.29, 1.82) is 0 Å². The molecule has 0 N–H and O–H groups in total. The van der Waals surface area contributed by atoms with Gasteiger partial charge in [0.2, 0.25) is 0 Å². The Kier molecular flexibility index (Phi) is 4.82. The van der Waals surface area contributed by atoms with Gasteiger partial charge >= 0.3 is 5.63 Å². The van der Waals surface area contributed by atoms with E-state index >= 15 is 0 Å². The lowest BCUT2D eigenvalue weighted by Gasteiger charge is -2.09. The summed E-state index contributed by atoms with van der Waals surface area (Å²) < 4.78 is 12.0. The number of ether oxygens (including phenoxy) is 1. The van der Waals surface area contributed by atoms with Crippen LogP contribution in [-0.4, -0.2) is 6.61 Å². The third-order valence-corrected chi connectivity index (χ3v) is 4.17. The summed E-state index contributed by atoms with van der Waals surface area (Å²) >= 11 is 3.42. The summed E-state index contributed by atoms with van der Waals surface area (Å²) in [5.41, 5.74) is 2.03. The van der Waals surface area contributed by atoms with E-state index in [0.717, 1.165) is 39.6 Å². The molecule has 3 aromatic rings. The molecule has 3 rings (SSSR count). The monoisotopic (exact) mass is 372 g/mol. The molecule has 1 heterocycles. The summed E-state index contributed by atoms with van der Waals surface area (Å²) in [6.07, 6.45) is 2.08. The van der Waals surface area contributed by atoms with Gasteiger partial charge in [0.15, 0.2) is 0 Å². The zero-order chi connectivity index (χ0) is 16.2. The van der Waals surface area contributed by atoms with Crippen LogP contribution < -0.4 is 10.4 Å². The molecule has 2 aromatic carbocycles. The first kappa shape index (κ1) is 15.8. The van der Waals surface area contributed by atoms with E-state index in [0.29, 0.717) is 12.2 Å². The average molecular weight is 373 g/mol. The van der Waals surface area contributed by atoms with Crippen molar-refractivity contribution in [3.8, 4) is 16.9 Å². The van der Waals surface area contributed by atoms with Gasteiger partial charge in [-0.25, -0.2) is 4.79 Å². The van der Waals surface area contributed by atoms with E-state index in [1.165, 1.54) is 6.07 Å². The van der Waals surface area contributed by atoms with Crippen LogP contribution in [0, 0.1) is 0 Å². The summed E-state index contributed by atoms with van der Waals surface area (Å²) in [5, 5.41) is 0.898. The van der Waals surface area contributed by atoms with Gasteiger partial charge in [-0.05, 0) is 41.8 Å². The Labute approximate surface area is 143 Å². The van der Waals surface area contributed by atoms with Crippen LogP contribution in [0.2, 0.25) is 0 Å². The molecule has 1 aromatic heterocycles. The maximum absolute atomic E-state index is 11.9. The van der Waals surface area contributed by atoms with Gasteiger partial charge < -0.3 is 9.15 Å². The van der Waals surface area contributed by atoms with Gasteiger partial charge in [-0.3, -0.25) is 0 Å². The first-order chi connectivity index (χ1) is 11.2. The third-order valence-electron chi connectivity index (χ3n) is 3.64. The van der Waals surface area contributed by atoms with Gasteiger partial charge in [0.25, 0.3) is 0 Å². The molecule has 0 fully saturated rings. The highest BCUT2D eigenvalue weighted by Crippen LogP contribution is 2.30. The van der Waals surface area contributed by atoms with Crippen molar-refractivity contribution in [2.75, 3.05) is 6.61 Å². The van der Waals surface area contributed by atoms with Crippen molar-refractivity contribution in [3.05, 3.63) is 63.4 Å². The lowest BCUT2D eigenvalue weighted by Crippen LogP contribution is -2.00.